The summed E-state index contributed by atoms with van der Waals surface area (Å²) in [6.07, 6.45) is 34.2. The van der Waals surface area contributed by atoms with Crippen LogP contribution >= 0.6 is 0 Å². The number of fused-ring (bicyclic) bond motifs is 9. The lowest BCUT2D eigenvalue weighted by atomic mass is 9.94. The fourth-order valence-electron chi connectivity index (χ4n) is 9.74. The van der Waals surface area contributed by atoms with E-state index >= 15 is 0 Å². The van der Waals surface area contributed by atoms with Gasteiger partial charge in [-0.1, -0.05) is 166 Å². The molecule has 4 heteroatoms. The Kier molecular flexibility index (Phi) is 13.7. The van der Waals surface area contributed by atoms with Crippen molar-refractivity contribution in [1.29, 1.82) is 0 Å². The molecular formula is C54H68N4. The van der Waals surface area contributed by atoms with Gasteiger partial charge in [0.25, 0.3) is 0 Å². The number of H-pyrrole nitrogens is 2. The van der Waals surface area contributed by atoms with Gasteiger partial charge in [0.1, 0.15) is 11.6 Å². The normalized spacial score (nSPS) is 12.1. The Morgan fingerprint density at radius 2 is 0.621 bits per heavy atom. The molecule has 304 valence electrons. The molecule has 0 aliphatic rings. The number of rotatable bonds is 24. The van der Waals surface area contributed by atoms with Crippen molar-refractivity contribution in [1.82, 2.24) is 19.1 Å². The van der Waals surface area contributed by atoms with E-state index in [1.165, 1.54) is 194 Å². The van der Waals surface area contributed by atoms with Crippen molar-refractivity contribution in [2.24, 2.45) is 0 Å². The Morgan fingerprint density at radius 3 is 0.983 bits per heavy atom. The van der Waals surface area contributed by atoms with Crippen molar-refractivity contribution in [3.63, 3.8) is 0 Å². The highest BCUT2D eigenvalue weighted by atomic mass is 15.1. The van der Waals surface area contributed by atoms with Crippen molar-refractivity contribution in [3.05, 3.63) is 109 Å². The molecule has 0 bridgehead atoms. The lowest BCUT2D eigenvalue weighted by molar-refractivity contribution is 0.555. The van der Waals surface area contributed by atoms with Gasteiger partial charge in [-0.25, -0.2) is 0 Å². The zero-order chi connectivity index (χ0) is 39.5. The van der Waals surface area contributed by atoms with Gasteiger partial charge >= 0.3 is 0 Å². The second-order valence-corrected chi connectivity index (χ2v) is 17.4. The van der Waals surface area contributed by atoms with Crippen molar-refractivity contribution in [3.8, 4) is 11.6 Å². The number of aromatic nitrogens is 4. The SMILES string of the molecule is CCCCCCCCCCCCc1ccc(-n2ccc3c4ccc5c(ccc6c5ccc5c6ccn5-c5ccc(CCCCCCCCCCCC)[nH]5)c4ccc32)[nH]1. The van der Waals surface area contributed by atoms with Gasteiger partial charge in [-0.05, 0) is 107 Å². The third-order valence-electron chi connectivity index (χ3n) is 13.1. The number of unbranched alkanes of at least 4 members (excludes halogenated alkanes) is 18. The molecule has 0 unspecified atom stereocenters. The summed E-state index contributed by atoms with van der Waals surface area (Å²) < 4.78 is 4.65. The van der Waals surface area contributed by atoms with E-state index in [-0.39, 0.29) is 0 Å². The zero-order valence-corrected chi connectivity index (χ0v) is 35.7. The minimum Gasteiger partial charge on any atom is -0.345 e. The van der Waals surface area contributed by atoms with Crippen LogP contribution in [0.3, 0.4) is 0 Å². The molecule has 0 atom stereocenters. The number of nitrogens with one attached hydrogen (secondary N) is 2. The highest BCUT2D eigenvalue weighted by Crippen LogP contribution is 2.38. The maximum absolute atomic E-state index is 3.74. The predicted octanol–water partition coefficient (Wildman–Crippen LogP) is 16.6. The quantitative estimate of drug-likeness (QED) is 0.0454. The van der Waals surface area contributed by atoms with Gasteiger partial charge in [-0.3, -0.25) is 0 Å². The summed E-state index contributed by atoms with van der Waals surface area (Å²) in [4.78, 5) is 7.49. The number of hydrogen-bond acceptors (Lipinski definition) is 0. The summed E-state index contributed by atoms with van der Waals surface area (Å²) in [5, 5.41) is 10.5. The number of aryl methyl sites for hydroxylation is 2. The first-order chi connectivity index (χ1) is 28.7. The van der Waals surface area contributed by atoms with Crippen molar-refractivity contribution in [2.75, 3.05) is 0 Å². The number of aromatic amines is 2. The highest BCUT2D eigenvalue weighted by Gasteiger charge is 2.14. The number of nitrogens with zero attached hydrogens (tertiary/aromatic N) is 2. The lowest BCUT2D eigenvalue weighted by Crippen LogP contribution is -1.94. The third kappa shape index (κ3) is 9.12. The molecule has 4 aromatic heterocycles. The molecule has 0 saturated carbocycles. The van der Waals surface area contributed by atoms with Gasteiger partial charge in [0, 0.05) is 34.6 Å². The molecule has 4 aromatic carbocycles. The smallest absolute Gasteiger partial charge is 0.114 e. The van der Waals surface area contributed by atoms with E-state index in [2.05, 4.69) is 130 Å². The van der Waals surface area contributed by atoms with Crippen LogP contribution < -0.4 is 0 Å². The van der Waals surface area contributed by atoms with E-state index in [9.17, 15) is 0 Å². The van der Waals surface area contributed by atoms with Crippen molar-refractivity contribution in [2.45, 2.75) is 155 Å². The van der Waals surface area contributed by atoms with E-state index in [1.807, 2.05) is 0 Å². The van der Waals surface area contributed by atoms with E-state index in [4.69, 9.17) is 0 Å². The van der Waals surface area contributed by atoms with Crippen LogP contribution in [-0.4, -0.2) is 19.1 Å². The molecule has 0 amide bonds. The third-order valence-corrected chi connectivity index (χ3v) is 13.1. The Bertz CT molecular complexity index is 2340. The average Bonchev–Trinajstić information content (AvgIpc) is 4.08. The Labute approximate surface area is 347 Å². The van der Waals surface area contributed by atoms with Crippen LogP contribution in [-0.2, 0) is 12.8 Å². The van der Waals surface area contributed by atoms with E-state index in [0.717, 1.165) is 24.5 Å². The molecule has 0 saturated heterocycles. The van der Waals surface area contributed by atoms with Crippen molar-refractivity contribution < 1.29 is 0 Å². The monoisotopic (exact) mass is 773 g/mol. The summed E-state index contributed by atoms with van der Waals surface area (Å²) in [6.45, 7) is 4.59. The first-order valence-corrected chi connectivity index (χ1v) is 23.5. The Morgan fingerprint density at radius 1 is 0.310 bits per heavy atom. The summed E-state index contributed by atoms with van der Waals surface area (Å²) in [6, 6.07) is 32.4. The van der Waals surface area contributed by atoms with E-state index in [1.54, 1.807) is 0 Å². The summed E-state index contributed by atoms with van der Waals surface area (Å²) in [5.74, 6) is 2.31. The minimum atomic E-state index is 1.13. The minimum absolute atomic E-state index is 1.13. The highest BCUT2D eigenvalue weighted by molar-refractivity contribution is 6.24. The molecule has 58 heavy (non-hydrogen) atoms. The second-order valence-electron chi connectivity index (χ2n) is 17.4. The van der Waals surface area contributed by atoms with Crippen LogP contribution in [0, 0.1) is 0 Å². The molecule has 8 rings (SSSR count). The Balaban J connectivity index is 0.914. The first-order valence-electron chi connectivity index (χ1n) is 23.5. The molecule has 8 aromatic rings. The van der Waals surface area contributed by atoms with E-state index < -0.39 is 0 Å². The molecule has 4 heterocycles. The molecule has 0 spiro atoms. The number of benzene rings is 4. The maximum Gasteiger partial charge on any atom is 0.114 e. The van der Waals surface area contributed by atoms with Crippen LogP contribution in [0.4, 0.5) is 0 Å². The largest absolute Gasteiger partial charge is 0.345 e. The Hall–Kier alpha value is -4.70. The van der Waals surface area contributed by atoms with Gasteiger partial charge in [0.05, 0.1) is 11.0 Å². The predicted molar refractivity (Wildman–Crippen MR) is 252 cm³/mol. The average molecular weight is 773 g/mol. The van der Waals surface area contributed by atoms with Crippen molar-refractivity contribution >= 4 is 54.1 Å². The standard InChI is InChI=1S/C54H68N4/c1-3-5-7-9-11-13-15-17-19-21-23-41-25-35-53(55-41)57-39-37-49-47-29-27-44-43(45(47)31-33-51(49)57)28-30-48-46(44)32-34-52-50(48)38-40-58(52)54-36-26-42(56-54)24-22-20-18-16-14-12-10-8-6-4-2/h25-40,55-56H,3-24H2,1-2H3. The maximum atomic E-state index is 3.74. The van der Waals surface area contributed by atoms with Crippen LogP contribution in [0.1, 0.15) is 154 Å². The van der Waals surface area contributed by atoms with Gasteiger partial charge in [-0.15, -0.1) is 0 Å². The summed E-state index contributed by atoms with van der Waals surface area (Å²) in [7, 11) is 0. The molecule has 0 aliphatic heterocycles. The second kappa shape index (κ2) is 19.8. The van der Waals surface area contributed by atoms with E-state index in [0.29, 0.717) is 0 Å². The lowest BCUT2D eigenvalue weighted by Gasteiger charge is -2.11. The number of hydrogen-bond donors (Lipinski definition) is 2. The summed E-state index contributed by atoms with van der Waals surface area (Å²) in [5.41, 5.74) is 5.19. The van der Waals surface area contributed by atoms with Crippen LogP contribution in [0.2, 0.25) is 0 Å². The molecular weight excluding hydrogens is 705 g/mol. The zero-order valence-electron chi connectivity index (χ0n) is 35.7. The molecule has 0 radical (unpaired) electrons. The molecule has 4 nitrogen and oxygen atoms in total. The molecule has 2 N–H and O–H groups in total. The summed E-state index contributed by atoms with van der Waals surface area (Å²) >= 11 is 0. The van der Waals surface area contributed by atoms with Gasteiger partial charge in [0.15, 0.2) is 0 Å². The van der Waals surface area contributed by atoms with Crippen LogP contribution in [0.25, 0.3) is 65.8 Å². The molecule has 0 aliphatic carbocycles. The van der Waals surface area contributed by atoms with Gasteiger partial charge < -0.3 is 19.1 Å². The molecule has 0 fully saturated rings. The van der Waals surface area contributed by atoms with Gasteiger partial charge in [-0.2, -0.15) is 0 Å². The van der Waals surface area contributed by atoms with Crippen LogP contribution in [0.5, 0.6) is 0 Å². The topological polar surface area (TPSA) is 41.4 Å². The first kappa shape index (κ1) is 40.1. The fourth-order valence-corrected chi connectivity index (χ4v) is 9.74. The van der Waals surface area contributed by atoms with Gasteiger partial charge in [0.2, 0.25) is 0 Å². The fraction of sp³-hybridized carbons (Fsp3) is 0.444. The van der Waals surface area contributed by atoms with Crippen LogP contribution in [0.15, 0.2) is 97.3 Å².